The van der Waals surface area contributed by atoms with E-state index in [9.17, 15) is 0 Å². The van der Waals surface area contributed by atoms with Crippen LogP contribution in [0.4, 0.5) is 10.8 Å². The molecule has 0 amide bonds. The van der Waals surface area contributed by atoms with Gasteiger partial charge in [-0.05, 0) is 41.6 Å². The van der Waals surface area contributed by atoms with Crippen LogP contribution in [-0.2, 0) is 6.42 Å². The first-order chi connectivity index (χ1) is 13.3. The molecular weight excluding hydrogens is 372 g/mol. The fourth-order valence-corrected chi connectivity index (χ4v) is 5.64. The number of rotatable bonds is 4. The van der Waals surface area contributed by atoms with Gasteiger partial charge in [-0.15, -0.1) is 11.3 Å². The second kappa shape index (κ2) is 7.11. The van der Waals surface area contributed by atoms with E-state index in [4.69, 9.17) is 5.73 Å². The Balaban J connectivity index is 1.24. The van der Waals surface area contributed by atoms with Crippen molar-refractivity contribution in [3.05, 3.63) is 53.4 Å². The largest absolute Gasteiger partial charge is 0.375 e. The molecule has 1 fully saturated rings. The molecule has 0 aliphatic carbocycles. The third-order valence-electron chi connectivity index (χ3n) is 5.40. The van der Waals surface area contributed by atoms with E-state index in [0.29, 0.717) is 5.13 Å². The lowest BCUT2D eigenvalue weighted by Crippen LogP contribution is -2.47. The summed E-state index contributed by atoms with van der Waals surface area (Å²) in [5, 5.41) is 4.25. The van der Waals surface area contributed by atoms with Crippen molar-refractivity contribution in [2.75, 3.05) is 43.4 Å². The normalized spacial score (nSPS) is 15.8. The van der Waals surface area contributed by atoms with Gasteiger partial charge >= 0.3 is 0 Å². The molecule has 0 atom stereocenters. The Bertz CT molecular complexity index is 1080. The predicted molar refractivity (Wildman–Crippen MR) is 118 cm³/mol. The van der Waals surface area contributed by atoms with E-state index in [1.807, 2.05) is 11.3 Å². The second-order valence-electron chi connectivity index (χ2n) is 7.01. The highest BCUT2D eigenvalue weighted by Gasteiger charge is 2.19. The average molecular weight is 395 g/mol. The minimum absolute atomic E-state index is 0.661. The number of nitrogen functional groups attached to an aromatic ring is 1. The predicted octanol–water partition coefficient (Wildman–Crippen LogP) is 4.46. The standard InChI is InChI=1S/C21H22N4S2/c22-21-23-17-4-1-3-15(20(17)27-21)7-9-24-10-12-25(13-11-24)18-5-2-6-19-16(18)8-14-26-19/h1-6,8,14H,7,9-13H2,(H2,22,23). The smallest absolute Gasteiger partial charge is 0.181 e. The van der Waals surface area contributed by atoms with Gasteiger partial charge in [0.2, 0.25) is 0 Å². The number of anilines is 2. The van der Waals surface area contributed by atoms with E-state index in [2.05, 4.69) is 62.6 Å². The lowest BCUT2D eigenvalue weighted by molar-refractivity contribution is 0.261. The highest BCUT2D eigenvalue weighted by atomic mass is 32.1. The van der Waals surface area contributed by atoms with Crippen LogP contribution in [0, 0.1) is 0 Å². The molecule has 0 unspecified atom stereocenters. The van der Waals surface area contributed by atoms with E-state index < -0.39 is 0 Å². The third kappa shape index (κ3) is 3.29. The molecule has 4 aromatic rings. The lowest BCUT2D eigenvalue weighted by atomic mass is 10.1. The van der Waals surface area contributed by atoms with Gasteiger partial charge in [0.25, 0.3) is 0 Å². The summed E-state index contributed by atoms with van der Waals surface area (Å²) in [6.45, 7) is 5.50. The molecule has 138 valence electrons. The SMILES string of the molecule is Nc1nc2cccc(CCN3CCN(c4cccc5sccc45)CC3)c2s1. The van der Waals surface area contributed by atoms with Crippen LogP contribution in [0.1, 0.15) is 5.56 Å². The Morgan fingerprint density at radius 1 is 1.00 bits per heavy atom. The van der Waals surface area contributed by atoms with Crippen molar-refractivity contribution >= 4 is 53.8 Å². The molecule has 2 N–H and O–H groups in total. The first-order valence-electron chi connectivity index (χ1n) is 9.35. The quantitative estimate of drug-likeness (QED) is 0.555. The Morgan fingerprint density at radius 3 is 2.74 bits per heavy atom. The van der Waals surface area contributed by atoms with Crippen molar-refractivity contribution in [1.82, 2.24) is 9.88 Å². The van der Waals surface area contributed by atoms with Gasteiger partial charge in [-0.25, -0.2) is 4.98 Å². The van der Waals surface area contributed by atoms with Crippen LogP contribution < -0.4 is 10.6 Å². The third-order valence-corrected chi connectivity index (χ3v) is 7.25. The van der Waals surface area contributed by atoms with Gasteiger partial charge in [-0.3, -0.25) is 4.90 Å². The van der Waals surface area contributed by atoms with Crippen LogP contribution in [0.5, 0.6) is 0 Å². The summed E-state index contributed by atoms with van der Waals surface area (Å²) < 4.78 is 2.63. The highest BCUT2D eigenvalue weighted by molar-refractivity contribution is 7.22. The maximum Gasteiger partial charge on any atom is 0.181 e. The summed E-state index contributed by atoms with van der Waals surface area (Å²) in [6.07, 6.45) is 1.05. The summed E-state index contributed by atoms with van der Waals surface area (Å²) in [4.78, 5) is 9.52. The molecule has 0 bridgehead atoms. The molecule has 1 aliphatic heterocycles. The zero-order chi connectivity index (χ0) is 18.2. The summed E-state index contributed by atoms with van der Waals surface area (Å²) in [6, 6.07) is 15.3. The summed E-state index contributed by atoms with van der Waals surface area (Å²) in [5.41, 5.74) is 9.68. The number of hydrogen-bond donors (Lipinski definition) is 1. The average Bonchev–Trinajstić information content (AvgIpc) is 3.32. The van der Waals surface area contributed by atoms with E-state index in [1.165, 1.54) is 26.0 Å². The van der Waals surface area contributed by atoms with Crippen LogP contribution in [-0.4, -0.2) is 42.6 Å². The summed E-state index contributed by atoms with van der Waals surface area (Å²) in [5.74, 6) is 0. The molecule has 4 nitrogen and oxygen atoms in total. The van der Waals surface area contributed by atoms with Crippen LogP contribution in [0.15, 0.2) is 47.8 Å². The number of aromatic nitrogens is 1. The molecule has 6 heteroatoms. The molecule has 5 rings (SSSR count). The molecule has 1 saturated heterocycles. The second-order valence-corrected chi connectivity index (χ2v) is 8.98. The fourth-order valence-electron chi connectivity index (χ4n) is 3.96. The molecule has 27 heavy (non-hydrogen) atoms. The Morgan fingerprint density at radius 2 is 1.85 bits per heavy atom. The molecular formula is C21H22N4S2. The van der Waals surface area contributed by atoms with Crippen molar-refractivity contribution in [1.29, 1.82) is 0 Å². The van der Waals surface area contributed by atoms with Crippen molar-refractivity contribution in [2.45, 2.75) is 6.42 Å². The number of nitrogens with zero attached hydrogens (tertiary/aromatic N) is 3. The molecule has 0 spiro atoms. The van der Waals surface area contributed by atoms with Crippen LogP contribution in [0.3, 0.4) is 0 Å². The molecule has 3 heterocycles. The number of benzene rings is 2. The van der Waals surface area contributed by atoms with Gasteiger partial charge in [-0.2, -0.15) is 0 Å². The zero-order valence-electron chi connectivity index (χ0n) is 15.1. The molecule has 0 radical (unpaired) electrons. The van der Waals surface area contributed by atoms with Gasteiger partial charge in [0.15, 0.2) is 5.13 Å². The van der Waals surface area contributed by atoms with Gasteiger partial charge in [-0.1, -0.05) is 29.5 Å². The van der Waals surface area contributed by atoms with Gasteiger partial charge in [0.1, 0.15) is 0 Å². The number of nitrogens with two attached hydrogens (primary N) is 1. The molecule has 2 aromatic heterocycles. The minimum atomic E-state index is 0.661. The maximum absolute atomic E-state index is 5.89. The molecule has 1 aliphatic rings. The maximum atomic E-state index is 5.89. The number of piperazine rings is 1. The van der Waals surface area contributed by atoms with Gasteiger partial charge < -0.3 is 10.6 Å². The van der Waals surface area contributed by atoms with Crippen molar-refractivity contribution in [2.24, 2.45) is 0 Å². The van der Waals surface area contributed by atoms with Crippen molar-refractivity contribution in [3.63, 3.8) is 0 Å². The summed E-state index contributed by atoms with van der Waals surface area (Å²) >= 11 is 3.43. The number of thiophene rings is 1. The van der Waals surface area contributed by atoms with Gasteiger partial charge in [0, 0.05) is 48.5 Å². The number of fused-ring (bicyclic) bond motifs is 2. The van der Waals surface area contributed by atoms with E-state index >= 15 is 0 Å². The summed E-state index contributed by atoms with van der Waals surface area (Å²) in [7, 11) is 0. The van der Waals surface area contributed by atoms with Crippen molar-refractivity contribution in [3.8, 4) is 0 Å². The Kier molecular flexibility index (Phi) is 4.47. The lowest BCUT2D eigenvalue weighted by Gasteiger charge is -2.36. The Hall–Kier alpha value is -2.15. The molecule has 2 aromatic carbocycles. The highest BCUT2D eigenvalue weighted by Crippen LogP contribution is 2.31. The zero-order valence-corrected chi connectivity index (χ0v) is 16.7. The van der Waals surface area contributed by atoms with Crippen molar-refractivity contribution < 1.29 is 0 Å². The first kappa shape index (κ1) is 17.0. The van der Waals surface area contributed by atoms with Crippen LogP contribution in [0.2, 0.25) is 0 Å². The van der Waals surface area contributed by atoms with Gasteiger partial charge in [0.05, 0.1) is 10.2 Å². The van der Waals surface area contributed by atoms with E-state index in [0.717, 1.165) is 44.7 Å². The van der Waals surface area contributed by atoms with Crippen LogP contribution in [0.25, 0.3) is 20.3 Å². The topological polar surface area (TPSA) is 45.4 Å². The fraction of sp³-hybridized carbons (Fsp3) is 0.286. The van der Waals surface area contributed by atoms with E-state index in [-0.39, 0.29) is 0 Å². The van der Waals surface area contributed by atoms with Crippen LogP contribution >= 0.6 is 22.7 Å². The number of hydrogen-bond acceptors (Lipinski definition) is 6. The minimum Gasteiger partial charge on any atom is -0.375 e. The molecule has 0 saturated carbocycles. The number of thiazole rings is 1. The Labute approximate surface area is 166 Å². The monoisotopic (exact) mass is 394 g/mol. The first-order valence-corrected chi connectivity index (χ1v) is 11.0. The van der Waals surface area contributed by atoms with E-state index in [1.54, 1.807) is 11.3 Å².